The summed E-state index contributed by atoms with van der Waals surface area (Å²) in [5, 5.41) is 8.72. The van der Waals surface area contributed by atoms with Gasteiger partial charge >= 0.3 is 5.97 Å². The van der Waals surface area contributed by atoms with Gasteiger partial charge in [0.2, 0.25) is 0 Å². The molecule has 0 aromatic carbocycles. The van der Waals surface area contributed by atoms with Crippen LogP contribution < -0.4 is 0 Å². The van der Waals surface area contributed by atoms with Crippen molar-refractivity contribution in [3.63, 3.8) is 0 Å². The second-order valence-corrected chi connectivity index (χ2v) is 5.61. The predicted molar refractivity (Wildman–Crippen MR) is 51.4 cm³/mol. The number of hydrogen-bond donors (Lipinski definition) is 1. The van der Waals surface area contributed by atoms with E-state index in [-0.39, 0.29) is 0 Å². The third-order valence-corrected chi connectivity index (χ3v) is 4.09. The van der Waals surface area contributed by atoms with E-state index in [0.29, 0.717) is 9.35 Å². The van der Waals surface area contributed by atoms with Crippen LogP contribution in [0.5, 0.6) is 0 Å². The van der Waals surface area contributed by atoms with E-state index in [1.807, 2.05) is 0 Å². The van der Waals surface area contributed by atoms with Crippen molar-refractivity contribution >= 4 is 49.2 Å². The Balaban J connectivity index is 3.34. The van der Waals surface area contributed by atoms with Gasteiger partial charge in [0.15, 0.2) is 0 Å². The molecule has 1 aromatic rings. The zero-order chi connectivity index (χ0) is 8.59. The van der Waals surface area contributed by atoms with E-state index in [0.717, 1.165) is 9.35 Å². The number of hydrogen-bond acceptors (Lipinski definition) is 2. The largest absolute Gasteiger partial charge is 0.478 e. The third kappa shape index (κ3) is 1.65. The van der Waals surface area contributed by atoms with Gasteiger partial charge in [-0.1, -0.05) is 0 Å². The van der Waals surface area contributed by atoms with Crippen LogP contribution >= 0.6 is 43.2 Å². The number of halogens is 2. The van der Waals surface area contributed by atoms with Gasteiger partial charge in [0.05, 0.1) is 13.1 Å². The Hall–Kier alpha value is 0.130. The van der Waals surface area contributed by atoms with Crippen molar-refractivity contribution in [3.8, 4) is 0 Å². The summed E-state index contributed by atoms with van der Waals surface area (Å²) < 4.78 is 1.52. The van der Waals surface area contributed by atoms with Gasteiger partial charge in [-0.05, 0) is 44.3 Å². The van der Waals surface area contributed by atoms with E-state index in [1.165, 1.54) is 11.3 Å². The highest BCUT2D eigenvalue weighted by Gasteiger charge is 2.16. The molecule has 0 atom stereocenters. The average Bonchev–Trinajstić information content (AvgIpc) is 2.07. The molecule has 0 saturated heterocycles. The molecule has 60 valence electrons. The van der Waals surface area contributed by atoms with E-state index < -0.39 is 5.97 Å². The number of rotatable bonds is 1. The maximum absolute atomic E-state index is 10.6. The molecular weight excluding hydrogens is 296 g/mol. The fraction of sp³-hybridized carbons (Fsp3) is 0.167. The highest BCUT2D eigenvalue weighted by molar-refractivity contribution is 9.12. The van der Waals surface area contributed by atoms with E-state index in [1.54, 1.807) is 6.92 Å². The second kappa shape index (κ2) is 3.25. The van der Waals surface area contributed by atoms with Crippen LogP contribution in [0.15, 0.2) is 7.57 Å². The van der Waals surface area contributed by atoms with Gasteiger partial charge in [-0.15, -0.1) is 11.3 Å². The molecule has 1 aromatic heterocycles. The molecule has 0 bridgehead atoms. The Kier molecular flexibility index (Phi) is 2.72. The summed E-state index contributed by atoms with van der Waals surface area (Å²) in [5.74, 6) is -0.892. The van der Waals surface area contributed by atoms with E-state index >= 15 is 0 Å². The number of thiophene rings is 1. The van der Waals surface area contributed by atoms with Gasteiger partial charge in [0, 0.05) is 0 Å². The van der Waals surface area contributed by atoms with Gasteiger partial charge in [-0.3, -0.25) is 0 Å². The van der Waals surface area contributed by atoms with Crippen molar-refractivity contribution in [1.82, 2.24) is 0 Å². The van der Waals surface area contributed by atoms with Crippen molar-refractivity contribution in [1.29, 1.82) is 0 Å². The maximum atomic E-state index is 10.6. The summed E-state index contributed by atoms with van der Waals surface area (Å²) in [4.78, 5) is 10.6. The molecule has 0 amide bonds. The van der Waals surface area contributed by atoms with Crippen LogP contribution in [0.2, 0.25) is 0 Å². The summed E-state index contributed by atoms with van der Waals surface area (Å²) in [6, 6.07) is 0. The van der Waals surface area contributed by atoms with E-state index in [2.05, 4.69) is 31.9 Å². The van der Waals surface area contributed by atoms with Crippen LogP contribution in [0, 0.1) is 6.92 Å². The SMILES string of the molecule is Cc1c(Br)sc(Br)c1C(=O)O. The number of carboxylic acids is 1. The first-order valence-electron chi connectivity index (χ1n) is 2.71. The van der Waals surface area contributed by atoms with Crippen molar-refractivity contribution in [2.75, 3.05) is 0 Å². The van der Waals surface area contributed by atoms with E-state index in [4.69, 9.17) is 5.11 Å². The predicted octanol–water partition coefficient (Wildman–Crippen LogP) is 3.28. The Labute approximate surface area is 84.5 Å². The van der Waals surface area contributed by atoms with Crippen molar-refractivity contribution in [2.24, 2.45) is 0 Å². The zero-order valence-corrected chi connectivity index (χ0v) is 9.51. The molecule has 5 heteroatoms. The van der Waals surface area contributed by atoms with Crippen molar-refractivity contribution < 1.29 is 9.90 Å². The minimum atomic E-state index is -0.892. The minimum absolute atomic E-state index is 0.349. The topological polar surface area (TPSA) is 37.3 Å². The van der Waals surface area contributed by atoms with Gasteiger partial charge < -0.3 is 5.11 Å². The molecule has 0 spiro atoms. The van der Waals surface area contributed by atoms with Crippen LogP contribution in [-0.2, 0) is 0 Å². The molecule has 0 aliphatic heterocycles. The molecular formula is C6H4Br2O2S. The Morgan fingerprint density at radius 1 is 1.45 bits per heavy atom. The molecule has 0 unspecified atom stereocenters. The first-order chi connectivity index (χ1) is 5.04. The molecule has 2 nitrogen and oxygen atoms in total. The van der Waals surface area contributed by atoms with Crippen LogP contribution in [0.4, 0.5) is 0 Å². The number of aromatic carboxylic acids is 1. The molecule has 1 heterocycles. The molecule has 1 N–H and O–H groups in total. The highest BCUT2D eigenvalue weighted by Crippen LogP contribution is 2.36. The molecule has 0 aliphatic carbocycles. The first-order valence-corrected chi connectivity index (χ1v) is 5.12. The molecule has 0 radical (unpaired) electrons. The average molecular weight is 300 g/mol. The summed E-state index contributed by atoms with van der Waals surface area (Å²) in [6.07, 6.45) is 0. The van der Waals surface area contributed by atoms with Gasteiger partial charge in [0.25, 0.3) is 0 Å². The van der Waals surface area contributed by atoms with Crippen LogP contribution in [0.1, 0.15) is 15.9 Å². The first kappa shape index (κ1) is 9.22. The summed E-state index contributed by atoms with van der Waals surface area (Å²) >= 11 is 7.81. The monoisotopic (exact) mass is 298 g/mol. The smallest absolute Gasteiger partial charge is 0.338 e. The van der Waals surface area contributed by atoms with E-state index in [9.17, 15) is 4.79 Å². The lowest BCUT2D eigenvalue weighted by molar-refractivity contribution is 0.0696. The highest BCUT2D eigenvalue weighted by atomic mass is 79.9. The lowest BCUT2D eigenvalue weighted by atomic mass is 10.2. The number of carbonyl (C=O) groups is 1. The Morgan fingerprint density at radius 2 is 2.00 bits per heavy atom. The second-order valence-electron chi connectivity index (χ2n) is 1.95. The molecule has 1 rings (SSSR count). The summed E-state index contributed by atoms with van der Waals surface area (Å²) in [7, 11) is 0. The fourth-order valence-corrected chi connectivity index (χ4v) is 3.74. The number of carboxylic acid groups (broad SMARTS) is 1. The van der Waals surface area contributed by atoms with Crippen molar-refractivity contribution in [3.05, 3.63) is 18.7 Å². The van der Waals surface area contributed by atoms with Crippen molar-refractivity contribution in [2.45, 2.75) is 6.92 Å². The Morgan fingerprint density at radius 3 is 2.18 bits per heavy atom. The third-order valence-electron chi connectivity index (χ3n) is 1.26. The summed E-state index contributed by atoms with van der Waals surface area (Å²) in [5.41, 5.74) is 1.12. The van der Waals surface area contributed by atoms with Crippen LogP contribution in [0.25, 0.3) is 0 Å². The molecule has 0 saturated carbocycles. The molecule has 0 aliphatic rings. The lowest BCUT2D eigenvalue weighted by Crippen LogP contribution is -1.96. The van der Waals surface area contributed by atoms with Crippen LogP contribution in [0.3, 0.4) is 0 Å². The fourth-order valence-electron chi connectivity index (χ4n) is 0.696. The maximum Gasteiger partial charge on any atom is 0.338 e. The molecule has 0 fully saturated rings. The quantitative estimate of drug-likeness (QED) is 0.864. The normalized spacial score (nSPS) is 10.1. The standard InChI is InChI=1S/C6H4Br2O2S/c1-2-3(6(9)10)5(8)11-4(2)7/h1H3,(H,9,10). The van der Waals surface area contributed by atoms with Gasteiger partial charge in [0.1, 0.15) is 0 Å². The minimum Gasteiger partial charge on any atom is -0.478 e. The zero-order valence-electron chi connectivity index (χ0n) is 5.52. The molecule has 11 heavy (non-hydrogen) atoms. The van der Waals surface area contributed by atoms with Gasteiger partial charge in [-0.2, -0.15) is 0 Å². The summed E-state index contributed by atoms with van der Waals surface area (Å²) in [6.45, 7) is 1.77. The van der Waals surface area contributed by atoms with Crippen LogP contribution in [-0.4, -0.2) is 11.1 Å². The van der Waals surface area contributed by atoms with Gasteiger partial charge in [-0.25, -0.2) is 4.79 Å². The lowest BCUT2D eigenvalue weighted by Gasteiger charge is -1.91. The Bertz CT molecular complexity index is 306.